The highest BCUT2D eigenvalue weighted by molar-refractivity contribution is 7.87. The standard InChI is InChI=1S/C21H19ClO4S/c1-15-13-21(16(2)12-20(15)22)27(23,24)26-19-10-8-18(9-11-19)25-14-17-6-4-3-5-7-17/h3-13H,14H2,1-2H3. The molecule has 0 aliphatic carbocycles. The lowest BCUT2D eigenvalue weighted by molar-refractivity contribution is 0.306. The molecule has 0 N–H and O–H groups in total. The molecule has 0 bridgehead atoms. The van der Waals surface area contributed by atoms with Gasteiger partial charge in [-0.2, -0.15) is 8.42 Å². The number of aryl methyl sites for hydroxylation is 2. The monoisotopic (exact) mass is 402 g/mol. The average Bonchev–Trinajstić information content (AvgIpc) is 2.64. The quantitative estimate of drug-likeness (QED) is 0.525. The van der Waals surface area contributed by atoms with Gasteiger partial charge in [0.2, 0.25) is 0 Å². The molecule has 140 valence electrons. The maximum atomic E-state index is 12.6. The van der Waals surface area contributed by atoms with Gasteiger partial charge in [0.15, 0.2) is 0 Å². The van der Waals surface area contributed by atoms with E-state index in [4.69, 9.17) is 20.5 Å². The normalized spacial score (nSPS) is 11.2. The zero-order valence-corrected chi connectivity index (χ0v) is 16.5. The lowest BCUT2D eigenvalue weighted by Gasteiger charge is -2.12. The van der Waals surface area contributed by atoms with Crippen LogP contribution in [-0.4, -0.2) is 8.42 Å². The van der Waals surface area contributed by atoms with Crippen molar-refractivity contribution < 1.29 is 17.3 Å². The smallest absolute Gasteiger partial charge is 0.339 e. The van der Waals surface area contributed by atoms with E-state index in [1.54, 1.807) is 44.2 Å². The third-order valence-electron chi connectivity index (χ3n) is 4.00. The second-order valence-electron chi connectivity index (χ2n) is 6.15. The fraction of sp³-hybridized carbons (Fsp3) is 0.143. The Hall–Kier alpha value is -2.50. The zero-order valence-electron chi connectivity index (χ0n) is 15.0. The van der Waals surface area contributed by atoms with Gasteiger partial charge in [0.1, 0.15) is 23.0 Å². The number of rotatable bonds is 6. The molecule has 0 aliphatic rings. The topological polar surface area (TPSA) is 52.6 Å². The molecule has 0 saturated carbocycles. The first-order valence-electron chi connectivity index (χ1n) is 8.33. The molecule has 3 aromatic carbocycles. The number of hydrogen-bond acceptors (Lipinski definition) is 4. The maximum Gasteiger partial charge on any atom is 0.339 e. The van der Waals surface area contributed by atoms with Crippen LogP contribution in [0.5, 0.6) is 11.5 Å². The summed E-state index contributed by atoms with van der Waals surface area (Å²) in [6.45, 7) is 3.87. The summed E-state index contributed by atoms with van der Waals surface area (Å²) < 4.78 is 36.1. The number of ether oxygens (including phenoxy) is 1. The van der Waals surface area contributed by atoms with Crippen LogP contribution in [-0.2, 0) is 16.7 Å². The van der Waals surface area contributed by atoms with Gasteiger partial charge in [-0.15, -0.1) is 0 Å². The molecular formula is C21H19ClO4S. The molecule has 27 heavy (non-hydrogen) atoms. The molecule has 0 heterocycles. The fourth-order valence-electron chi connectivity index (χ4n) is 2.53. The summed E-state index contributed by atoms with van der Waals surface area (Å²) >= 11 is 6.04. The van der Waals surface area contributed by atoms with Gasteiger partial charge in [-0.1, -0.05) is 41.9 Å². The lowest BCUT2D eigenvalue weighted by Crippen LogP contribution is -2.11. The van der Waals surface area contributed by atoms with Gasteiger partial charge >= 0.3 is 10.1 Å². The van der Waals surface area contributed by atoms with Crippen molar-refractivity contribution in [1.82, 2.24) is 0 Å². The number of halogens is 1. The van der Waals surface area contributed by atoms with Crippen molar-refractivity contribution in [2.75, 3.05) is 0 Å². The molecule has 4 nitrogen and oxygen atoms in total. The molecule has 0 spiro atoms. The van der Waals surface area contributed by atoms with Crippen molar-refractivity contribution in [3.8, 4) is 11.5 Å². The van der Waals surface area contributed by atoms with Crippen molar-refractivity contribution in [3.63, 3.8) is 0 Å². The van der Waals surface area contributed by atoms with Crippen LogP contribution in [0.15, 0.2) is 71.6 Å². The Morgan fingerprint density at radius 2 is 1.48 bits per heavy atom. The van der Waals surface area contributed by atoms with Crippen LogP contribution >= 0.6 is 11.6 Å². The summed E-state index contributed by atoms with van der Waals surface area (Å²) in [5, 5.41) is 0.520. The summed E-state index contributed by atoms with van der Waals surface area (Å²) in [7, 11) is -3.95. The molecule has 0 saturated heterocycles. The Balaban J connectivity index is 1.71. The van der Waals surface area contributed by atoms with Gasteiger partial charge < -0.3 is 8.92 Å². The highest BCUT2D eigenvalue weighted by Crippen LogP contribution is 2.27. The second kappa shape index (κ2) is 8.03. The number of hydrogen-bond donors (Lipinski definition) is 0. The first-order valence-corrected chi connectivity index (χ1v) is 10.1. The summed E-state index contributed by atoms with van der Waals surface area (Å²) in [4.78, 5) is 0.105. The minimum atomic E-state index is -3.95. The summed E-state index contributed by atoms with van der Waals surface area (Å²) in [6.07, 6.45) is 0. The SMILES string of the molecule is Cc1cc(S(=O)(=O)Oc2ccc(OCc3ccccc3)cc2)c(C)cc1Cl. The predicted octanol–water partition coefficient (Wildman–Crippen LogP) is 5.30. The molecule has 0 atom stereocenters. The van der Waals surface area contributed by atoms with Crippen LogP contribution in [0.25, 0.3) is 0 Å². The Morgan fingerprint density at radius 3 is 2.15 bits per heavy atom. The summed E-state index contributed by atoms with van der Waals surface area (Å²) in [6, 6.07) is 19.4. The van der Waals surface area contributed by atoms with E-state index in [9.17, 15) is 8.42 Å². The first-order chi connectivity index (χ1) is 12.8. The van der Waals surface area contributed by atoms with Crippen molar-refractivity contribution >= 4 is 21.7 Å². The highest BCUT2D eigenvalue weighted by atomic mass is 35.5. The maximum absolute atomic E-state index is 12.6. The molecule has 3 rings (SSSR count). The van der Waals surface area contributed by atoms with E-state index < -0.39 is 10.1 Å². The van der Waals surface area contributed by atoms with E-state index in [2.05, 4.69) is 0 Å². The van der Waals surface area contributed by atoms with Gasteiger partial charge in [0.25, 0.3) is 0 Å². The molecule has 0 unspecified atom stereocenters. The van der Waals surface area contributed by atoms with Crippen molar-refractivity contribution in [3.05, 3.63) is 88.4 Å². The molecule has 6 heteroatoms. The summed E-state index contributed by atoms with van der Waals surface area (Å²) in [5.41, 5.74) is 2.26. The van der Waals surface area contributed by atoms with Crippen molar-refractivity contribution in [1.29, 1.82) is 0 Å². The Morgan fingerprint density at radius 1 is 0.852 bits per heavy atom. The largest absolute Gasteiger partial charge is 0.489 e. The van der Waals surface area contributed by atoms with Gasteiger partial charge in [-0.05, 0) is 66.9 Å². The zero-order chi connectivity index (χ0) is 19.4. The predicted molar refractivity (Wildman–Crippen MR) is 106 cm³/mol. The molecule has 3 aromatic rings. The molecular weight excluding hydrogens is 384 g/mol. The van der Waals surface area contributed by atoms with Crippen LogP contribution in [0.3, 0.4) is 0 Å². The molecule has 0 amide bonds. The van der Waals surface area contributed by atoms with Crippen LogP contribution in [0, 0.1) is 13.8 Å². The first kappa shape index (κ1) is 19.3. The van der Waals surface area contributed by atoms with Crippen LogP contribution in [0.4, 0.5) is 0 Å². The van der Waals surface area contributed by atoms with E-state index in [1.165, 1.54) is 6.07 Å². The minimum absolute atomic E-state index is 0.105. The lowest BCUT2D eigenvalue weighted by atomic mass is 10.2. The van der Waals surface area contributed by atoms with Crippen molar-refractivity contribution in [2.45, 2.75) is 25.3 Å². The second-order valence-corrected chi connectivity index (χ2v) is 8.07. The van der Waals surface area contributed by atoms with E-state index in [-0.39, 0.29) is 10.6 Å². The van der Waals surface area contributed by atoms with Crippen LogP contribution < -0.4 is 8.92 Å². The Bertz CT molecular complexity index is 1030. The van der Waals surface area contributed by atoms with E-state index in [0.29, 0.717) is 28.5 Å². The van der Waals surface area contributed by atoms with Gasteiger partial charge in [0.05, 0.1) is 0 Å². The molecule has 0 aromatic heterocycles. The van der Waals surface area contributed by atoms with E-state index >= 15 is 0 Å². The van der Waals surface area contributed by atoms with Crippen LogP contribution in [0.1, 0.15) is 16.7 Å². The van der Waals surface area contributed by atoms with Gasteiger partial charge in [0, 0.05) is 5.02 Å². The fourth-order valence-corrected chi connectivity index (χ4v) is 3.97. The third-order valence-corrected chi connectivity index (χ3v) is 5.80. The minimum Gasteiger partial charge on any atom is -0.489 e. The number of benzene rings is 3. The average molecular weight is 403 g/mol. The van der Waals surface area contributed by atoms with Gasteiger partial charge in [-0.25, -0.2) is 0 Å². The van der Waals surface area contributed by atoms with Crippen LogP contribution in [0.2, 0.25) is 5.02 Å². The summed E-state index contributed by atoms with van der Waals surface area (Å²) in [5.74, 6) is 0.844. The molecule has 0 aliphatic heterocycles. The van der Waals surface area contributed by atoms with Crippen molar-refractivity contribution in [2.24, 2.45) is 0 Å². The van der Waals surface area contributed by atoms with E-state index in [0.717, 1.165) is 5.56 Å². The Kier molecular flexibility index (Phi) is 5.73. The molecule has 0 fully saturated rings. The van der Waals surface area contributed by atoms with E-state index in [1.807, 2.05) is 30.3 Å². The van der Waals surface area contributed by atoms with Gasteiger partial charge in [-0.3, -0.25) is 0 Å². The Labute approximate surface area is 164 Å². The highest BCUT2D eigenvalue weighted by Gasteiger charge is 2.20. The molecule has 0 radical (unpaired) electrons. The third kappa shape index (κ3) is 4.81.